The lowest BCUT2D eigenvalue weighted by Gasteiger charge is -1.74. The summed E-state index contributed by atoms with van der Waals surface area (Å²) in [4.78, 5) is 28.6. The third kappa shape index (κ3) is 22.5. The Hall–Kier alpha value is -2.11. The minimum Gasteiger partial charge on any atom is -0.478 e. The summed E-state index contributed by atoms with van der Waals surface area (Å²) >= 11 is 0. The Morgan fingerprint density at radius 3 is 1.14 bits per heavy atom. The molecule has 0 atom stereocenters. The van der Waals surface area contributed by atoms with Crippen LogP contribution in [-0.2, 0) is 14.4 Å². The maximum atomic E-state index is 9.55. The van der Waals surface area contributed by atoms with Gasteiger partial charge >= 0.3 is 17.9 Å². The molecule has 0 aliphatic rings. The largest absolute Gasteiger partial charge is 0.478 e. The lowest BCUT2D eigenvalue weighted by molar-refractivity contribution is -0.134. The summed E-state index contributed by atoms with van der Waals surface area (Å²) in [6.45, 7) is 1.66. The van der Waals surface area contributed by atoms with Gasteiger partial charge in [0.2, 0.25) is 0 Å². The molecule has 0 aliphatic carbocycles. The van der Waals surface area contributed by atoms with Gasteiger partial charge in [0, 0.05) is 18.2 Å². The molecule has 0 aromatic rings. The lowest BCUT2D eigenvalue weighted by atomic mass is 10.5. The van der Waals surface area contributed by atoms with E-state index < -0.39 is 17.9 Å². The summed E-state index contributed by atoms with van der Waals surface area (Å²) in [5.41, 5.74) is 0. The number of rotatable bonds is 3. The Bertz CT molecular complexity index is 247. The highest BCUT2D eigenvalue weighted by atomic mass is 16.4. The Labute approximate surface area is 79.8 Å². The number of hydrogen-bond acceptors (Lipinski definition) is 3. The van der Waals surface area contributed by atoms with E-state index in [2.05, 4.69) is 0 Å². The van der Waals surface area contributed by atoms with Crippen molar-refractivity contribution in [1.29, 1.82) is 0 Å². The van der Waals surface area contributed by atoms with Gasteiger partial charge < -0.3 is 15.3 Å². The molecular weight excluding hydrogens is 192 g/mol. The van der Waals surface area contributed by atoms with Crippen molar-refractivity contribution in [2.45, 2.75) is 6.92 Å². The van der Waals surface area contributed by atoms with Crippen LogP contribution < -0.4 is 0 Å². The van der Waals surface area contributed by atoms with Crippen LogP contribution in [0.3, 0.4) is 0 Å². The second-order valence-electron chi connectivity index (χ2n) is 1.85. The second-order valence-corrected chi connectivity index (χ2v) is 1.85. The molecule has 14 heavy (non-hydrogen) atoms. The Balaban J connectivity index is 0. The third-order valence-corrected chi connectivity index (χ3v) is 0.678. The SMILES string of the molecule is C/C=C/C(=O)O.O=C(O)/C=C/C(=O)O. The molecule has 0 aliphatic heterocycles. The summed E-state index contributed by atoms with van der Waals surface area (Å²) in [5.74, 6) is -3.41. The molecule has 0 bridgehead atoms. The minimum atomic E-state index is -1.26. The number of carboxylic acid groups (broad SMARTS) is 3. The predicted molar refractivity (Wildman–Crippen MR) is 46.9 cm³/mol. The number of allylic oxidation sites excluding steroid dienone is 1. The molecule has 0 unspecified atom stereocenters. The van der Waals surface area contributed by atoms with Crippen molar-refractivity contribution in [2.24, 2.45) is 0 Å². The fourth-order valence-electron chi connectivity index (χ4n) is 0.285. The molecule has 3 N–H and O–H groups in total. The summed E-state index contributed by atoms with van der Waals surface area (Å²) in [6, 6.07) is 0. The van der Waals surface area contributed by atoms with Gasteiger partial charge in [-0.1, -0.05) is 6.08 Å². The van der Waals surface area contributed by atoms with Crippen LogP contribution in [-0.4, -0.2) is 33.2 Å². The molecule has 6 nitrogen and oxygen atoms in total. The van der Waals surface area contributed by atoms with Gasteiger partial charge in [-0.05, 0) is 6.92 Å². The van der Waals surface area contributed by atoms with E-state index in [4.69, 9.17) is 15.3 Å². The highest BCUT2D eigenvalue weighted by molar-refractivity contribution is 5.89. The van der Waals surface area contributed by atoms with E-state index in [0.29, 0.717) is 12.2 Å². The second kappa shape index (κ2) is 8.98. The van der Waals surface area contributed by atoms with Crippen molar-refractivity contribution in [2.75, 3.05) is 0 Å². The Kier molecular flexibility index (Phi) is 9.25. The molecule has 78 valence electrons. The standard InChI is InChI=1S/C4H4O4.C4H6O2/c5-3(6)1-2-4(7)8;1-2-3-4(5)6/h1-2H,(H,5,6)(H,7,8);2-3H,1H3,(H,5,6)/b2-1+;3-2+. The summed E-state index contributed by atoms with van der Waals surface area (Å²) in [5, 5.41) is 23.5. The van der Waals surface area contributed by atoms with Crippen molar-refractivity contribution in [3.8, 4) is 0 Å². The quantitative estimate of drug-likeness (QED) is 0.569. The maximum absolute atomic E-state index is 9.55. The number of aliphatic carboxylic acids is 3. The average molecular weight is 202 g/mol. The van der Waals surface area contributed by atoms with Gasteiger partial charge in [-0.15, -0.1) is 0 Å². The smallest absolute Gasteiger partial charge is 0.328 e. The van der Waals surface area contributed by atoms with Crippen LogP contribution in [0.25, 0.3) is 0 Å². The molecular formula is C8H10O6. The molecule has 0 rings (SSSR count). The van der Waals surface area contributed by atoms with E-state index in [1.54, 1.807) is 6.92 Å². The van der Waals surface area contributed by atoms with Crippen LogP contribution in [0.2, 0.25) is 0 Å². The topological polar surface area (TPSA) is 112 Å². The van der Waals surface area contributed by atoms with Crippen LogP contribution in [0.1, 0.15) is 6.92 Å². The summed E-state index contributed by atoms with van der Waals surface area (Å²) in [6.07, 6.45) is 3.67. The first-order valence-corrected chi connectivity index (χ1v) is 3.39. The molecule has 0 saturated heterocycles. The monoisotopic (exact) mass is 202 g/mol. The third-order valence-electron chi connectivity index (χ3n) is 0.678. The van der Waals surface area contributed by atoms with Gasteiger partial charge in [-0.3, -0.25) is 0 Å². The summed E-state index contributed by atoms with van der Waals surface area (Å²) in [7, 11) is 0. The average Bonchev–Trinajstić information content (AvgIpc) is 2.01. The minimum absolute atomic E-state index is 0.558. The number of hydrogen-bond donors (Lipinski definition) is 3. The van der Waals surface area contributed by atoms with Gasteiger partial charge in [0.15, 0.2) is 0 Å². The summed E-state index contributed by atoms with van der Waals surface area (Å²) < 4.78 is 0. The molecule has 0 saturated carbocycles. The number of carboxylic acids is 3. The van der Waals surface area contributed by atoms with E-state index in [1.165, 1.54) is 6.08 Å². The highest BCUT2D eigenvalue weighted by Gasteiger charge is 1.88. The van der Waals surface area contributed by atoms with E-state index in [-0.39, 0.29) is 0 Å². The Morgan fingerprint density at radius 2 is 1.07 bits per heavy atom. The molecule has 0 heterocycles. The van der Waals surface area contributed by atoms with Crippen molar-refractivity contribution in [3.63, 3.8) is 0 Å². The van der Waals surface area contributed by atoms with Gasteiger partial charge in [0.1, 0.15) is 0 Å². The van der Waals surface area contributed by atoms with Crippen LogP contribution in [0.4, 0.5) is 0 Å². The fraction of sp³-hybridized carbons (Fsp3) is 0.125. The zero-order valence-corrected chi connectivity index (χ0v) is 7.38. The first-order chi connectivity index (χ1) is 6.40. The van der Waals surface area contributed by atoms with E-state index in [9.17, 15) is 14.4 Å². The highest BCUT2D eigenvalue weighted by Crippen LogP contribution is 1.70. The zero-order valence-electron chi connectivity index (χ0n) is 7.38. The van der Waals surface area contributed by atoms with E-state index >= 15 is 0 Å². The van der Waals surface area contributed by atoms with Gasteiger partial charge in [-0.2, -0.15) is 0 Å². The van der Waals surface area contributed by atoms with Gasteiger partial charge in [0.05, 0.1) is 0 Å². The predicted octanol–water partition coefficient (Wildman–Crippen LogP) is 0.359. The number of carbonyl (C=O) groups is 3. The van der Waals surface area contributed by atoms with Crippen molar-refractivity contribution in [1.82, 2.24) is 0 Å². The normalized spacial score (nSPS) is 9.50. The van der Waals surface area contributed by atoms with Crippen LogP contribution >= 0.6 is 0 Å². The first-order valence-electron chi connectivity index (χ1n) is 3.39. The van der Waals surface area contributed by atoms with Crippen LogP contribution in [0.5, 0.6) is 0 Å². The fourth-order valence-corrected chi connectivity index (χ4v) is 0.285. The van der Waals surface area contributed by atoms with E-state index in [1.807, 2.05) is 0 Å². The molecule has 0 aromatic heterocycles. The molecule has 0 radical (unpaired) electrons. The maximum Gasteiger partial charge on any atom is 0.328 e. The van der Waals surface area contributed by atoms with Gasteiger partial charge in [0.25, 0.3) is 0 Å². The zero-order chi connectivity index (χ0) is 11.6. The van der Waals surface area contributed by atoms with E-state index in [0.717, 1.165) is 6.08 Å². The van der Waals surface area contributed by atoms with Crippen molar-refractivity contribution >= 4 is 17.9 Å². The Morgan fingerprint density at radius 1 is 0.786 bits per heavy atom. The molecule has 0 fully saturated rings. The van der Waals surface area contributed by atoms with Gasteiger partial charge in [-0.25, -0.2) is 14.4 Å². The molecule has 6 heteroatoms. The lowest BCUT2D eigenvalue weighted by Crippen LogP contribution is -1.91. The molecule has 0 amide bonds. The van der Waals surface area contributed by atoms with Crippen LogP contribution in [0, 0.1) is 0 Å². The first kappa shape index (κ1) is 14.4. The van der Waals surface area contributed by atoms with Crippen LogP contribution in [0.15, 0.2) is 24.3 Å². The van der Waals surface area contributed by atoms with Crippen molar-refractivity contribution in [3.05, 3.63) is 24.3 Å². The van der Waals surface area contributed by atoms with Crippen molar-refractivity contribution < 1.29 is 29.7 Å². The molecule has 0 aromatic carbocycles. The molecule has 0 spiro atoms.